The van der Waals surface area contributed by atoms with Gasteiger partial charge >= 0.3 is 17.9 Å². The topological polar surface area (TPSA) is 151 Å². The number of phenolic OH excluding ortho intramolecular Hbond substituents is 1. The van der Waals surface area contributed by atoms with Crippen molar-refractivity contribution in [2.24, 2.45) is 28.1 Å². The van der Waals surface area contributed by atoms with E-state index in [0.29, 0.717) is 24.0 Å². The smallest absolute Gasteiger partial charge is 0.339 e. The van der Waals surface area contributed by atoms with Crippen LogP contribution in [0.5, 0.6) is 5.75 Å². The number of cyclic esters (lactones) is 2. The number of epoxide rings is 1. The molecule has 3 unspecified atom stereocenters. The molecule has 2 aromatic rings. The van der Waals surface area contributed by atoms with Crippen molar-refractivity contribution < 1.29 is 52.4 Å². The summed E-state index contributed by atoms with van der Waals surface area (Å²) in [4.78, 5) is 54.9. The van der Waals surface area contributed by atoms with E-state index in [1.165, 1.54) is 24.5 Å². The number of hydrogen-bond acceptors (Lipinski definition) is 11. The number of furan rings is 1. The van der Waals surface area contributed by atoms with Crippen LogP contribution in [0.25, 0.3) is 6.08 Å². The van der Waals surface area contributed by atoms with Crippen molar-refractivity contribution in [3.05, 3.63) is 60.1 Å². The van der Waals surface area contributed by atoms with Gasteiger partial charge in [0.2, 0.25) is 0 Å². The molecule has 10 atom stereocenters. The second-order valence-electron chi connectivity index (χ2n) is 14.7. The fraction of sp³-hybridized carbons (Fsp3) is 0.543. The number of ketones is 1. The van der Waals surface area contributed by atoms with Crippen LogP contribution in [0.3, 0.4) is 0 Å². The number of rotatable bonds is 4. The Morgan fingerprint density at radius 2 is 1.78 bits per heavy atom. The Hall–Kier alpha value is -3.96. The molecule has 4 aliphatic heterocycles. The summed E-state index contributed by atoms with van der Waals surface area (Å²) in [5, 5.41) is 9.63. The van der Waals surface area contributed by atoms with Crippen LogP contribution in [0.4, 0.5) is 0 Å². The largest absolute Gasteiger partial charge is 0.508 e. The van der Waals surface area contributed by atoms with Crippen LogP contribution >= 0.6 is 0 Å². The molecule has 6 aliphatic rings. The van der Waals surface area contributed by atoms with Gasteiger partial charge in [0.1, 0.15) is 24.1 Å². The van der Waals surface area contributed by atoms with E-state index in [1.807, 2.05) is 27.7 Å². The molecule has 1 aromatic carbocycles. The van der Waals surface area contributed by atoms with Gasteiger partial charge in [-0.15, -0.1) is 0 Å². The molecular weight excluding hydrogens is 596 g/mol. The van der Waals surface area contributed by atoms with E-state index < -0.39 is 81.6 Å². The number of ether oxygens (including phenoxy) is 5. The van der Waals surface area contributed by atoms with Crippen molar-refractivity contribution in [2.75, 3.05) is 6.61 Å². The van der Waals surface area contributed by atoms with Gasteiger partial charge in [-0.05, 0) is 62.4 Å². The third kappa shape index (κ3) is 3.50. The molecule has 11 nitrogen and oxygen atoms in total. The maximum atomic E-state index is 15.1. The molecule has 0 amide bonds. The van der Waals surface area contributed by atoms with E-state index in [4.69, 9.17) is 28.1 Å². The van der Waals surface area contributed by atoms with E-state index in [9.17, 15) is 19.5 Å². The summed E-state index contributed by atoms with van der Waals surface area (Å²) in [6.45, 7) is 7.54. The maximum Gasteiger partial charge on any atom is 0.339 e. The fourth-order valence-corrected chi connectivity index (χ4v) is 10.6. The molecule has 2 saturated carbocycles. The lowest BCUT2D eigenvalue weighted by atomic mass is 9.36. The monoisotopic (exact) mass is 632 g/mol. The van der Waals surface area contributed by atoms with Crippen LogP contribution in [0, 0.1) is 28.1 Å². The number of fused-ring (bicyclic) bond motifs is 1. The molecular formula is C35H36O11. The summed E-state index contributed by atoms with van der Waals surface area (Å²) in [5.41, 5.74) is -3.91. The van der Waals surface area contributed by atoms with Crippen molar-refractivity contribution in [3.63, 3.8) is 0 Å². The third-order valence-corrected chi connectivity index (χ3v) is 12.2. The molecule has 1 N–H and O–H groups in total. The molecule has 5 heterocycles. The second kappa shape index (κ2) is 9.32. The van der Waals surface area contributed by atoms with E-state index in [-0.39, 0.29) is 24.6 Å². The van der Waals surface area contributed by atoms with E-state index in [2.05, 4.69) is 0 Å². The zero-order valence-electron chi connectivity index (χ0n) is 26.0. The van der Waals surface area contributed by atoms with Crippen LogP contribution < -0.4 is 0 Å². The fourth-order valence-electron chi connectivity index (χ4n) is 10.6. The van der Waals surface area contributed by atoms with Crippen molar-refractivity contribution in [1.82, 2.24) is 0 Å². The zero-order chi connectivity index (χ0) is 32.4. The van der Waals surface area contributed by atoms with Crippen LogP contribution in [0.15, 0.2) is 53.4 Å². The number of carbonyl (C=O) groups excluding carboxylic acids is 4. The van der Waals surface area contributed by atoms with Crippen molar-refractivity contribution in [3.8, 4) is 5.75 Å². The quantitative estimate of drug-likeness (QED) is 0.225. The Kier molecular flexibility index (Phi) is 5.96. The zero-order valence-corrected chi connectivity index (χ0v) is 26.0. The number of Topliss-reactive ketones (excluding diaryl/α,β-unsaturated/α-hetero) is 1. The molecule has 46 heavy (non-hydrogen) atoms. The van der Waals surface area contributed by atoms with Crippen molar-refractivity contribution in [2.45, 2.75) is 82.6 Å². The number of carbonyl (C=O) groups is 4. The Balaban J connectivity index is 1.28. The summed E-state index contributed by atoms with van der Waals surface area (Å²) in [6, 6.07) is 8.05. The highest BCUT2D eigenvalue weighted by Gasteiger charge is 2.91. The van der Waals surface area contributed by atoms with Gasteiger partial charge in [0.25, 0.3) is 0 Å². The molecule has 4 saturated heterocycles. The highest BCUT2D eigenvalue weighted by molar-refractivity contribution is 5.96. The average Bonchev–Trinajstić information content (AvgIpc) is 3.48. The average molecular weight is 633 g/mol. The highest BCUT2D eigenvalue weighted by atomic mass is 16.7. The first-order valence-corrected chi connectivity index (χ1v) is 15.7. The van der Waals surface area contributed by atoms with Crippen LogP contribution in [0.1, 0.15) is 64.2 Å². The molecule has 8 rings (SSSR count). The van der Waals surface area contributed by atoms with Crippen LogP contribution in [-0.2, 0) is 42.9 Å². The van der Waals surface area contributed by atoms with E-state index in [0.717, 1.165) is 0 Å². The number of aromatic hydroxyl groups is 1. The molecule has 2 aliphatic carbocycles. The summed E-state index contributed by atoms with van der Waals surface area (Å²) in [6.07, 6.45) is 3.31. The van der Waals surface area contributed by atoms with Gasteiger partial charge in [-0.3, -0.25) is 9.59 Å². The second-order valence-corrected chi connectivity index (χ2v) is 14.7. The predicted octanol–water partition coefficient (Wildman–Crippen LogP) is 4.08. The third-order valence-electron chi connectivity index (χ3n) is 12.2. The first-order valence-electron chi connectivity index (χ1n) is 15.7. The number of hydrogen-bond donors (Lipinski definition) is 1. The van der Waals surface area contributed by atoms with Crippen LogP contribution in [-0.4, -0.2) is 64.9 Å². The lowest BCUT2D eigenvalue weighted by Crippen LogP contribution is -2.76. The van der Waals surface area contributed by atoms with E-state index in [1.54, 1.807) is 30.5 Å². The van der Waals surface area contributed by atoms with Crippen molar-refractivity contribution >= 4 is 29.8 Å². The molecule has 6 fully saturated rings. The molecule has 0 bridgehead atoms. The minimum Gasteiger partial charge on any atom is -0.508 e. The first-order chi connectivity index (χ1) is 21.8. The highest BCUT2D eigenvalue weighted by Crippen LogP contribution is 2.80. The predicted molar refractivity (Wildman–Crippen MR) is 157 cm³/mol. The molecule has 11 heteroatoms. The molecule has 2 spiro atoms. The SMILES string of the molecule is CC1(C)O[C@H]2CC(=O)OC[C@]23C2CCC4(C)C(c5ccoc5)OC(=O)[C@H]5O[C@]54[C@]2(C)[C@@H](OC(=O)/C=C\c2ccc(O)cc2)C(=O)[C@H]13. The van der Waals surface area contributed by atoms with Gasteiger partial charge in [-0.2, -0.15) is 0 Å². The Bertz CT molecular complexity index is 1680. The lowest BCUT2D eigenvalue weighted by Gasteiger charge is -2.66. The Labute approximate surface area is 265 Å². The lowest BCUT2D eigenvalue weighted by molar-refractivity contribution is -0.255. The number of benzene rings is 1. The Morgan fingerprint density at radius 3 is 2.50 bits per heavy atom. The van der Waals surface area contributed by atoms with Crippen molar-refractivity contribution in [1.29, 1.82) is 0 Å². The van der Waals surface area contributed by atoms with Gasteiger partial charge < -0.3 is 33.2 Å². The van der Waals surface area contributed by atoms with Gasteiger partial charge in [0, 0.05) is 27.9 Å². The normalized spacial score (nSPS) is 43.3. The maximum absolute atomic E-state index is 15.1. The molecule has 1 aromatic heterocycles. The minimum absolute atomic E-state index is 0.00610. The number of esters is 3. The van der Waals surface area contributed by atoms with Gasteiger partial charge in [0.05, 0.1) is 36.6 Å². The summed E-state index contributed by atoms with van der Waals surface area (Å²) in [5.74, 6) is -3.09. The summed E-state index contributed by atoms with van der Waals surface area (Å²) < 4.78 is 36.5. The Morgan fingerprint density at radius 1 is 1.02 bits per heavy atom. The van der Waals surface area contributed by atoms with Gasteiger partial charge in [0.15, 0.2) is 18.0 Å². The minimum atomic E-state index is -1.31. The van der Waals surface area contributed by atoms with Gasteiger partial charge in [-0.1, -0.05) is 26.0 Å². The standard InChI is InChI=1S/C35H36O11/c1-31(2)26-25(39)28(43-23(37)10-7-18-5-8-20(36)9-6-18)33(4)21(34(26)17-42-24(38)15-22(34)45-31)11-13-32(3)27(19-12-14-41-16-19)44-30(40)29-35(32,33)46-29/h5-10,12,14,16,21-22,26-29,36H,11,13,15,17H2,1-4H3/b10-7-/t21?,22-,26+,27?,28-,29+,32?,33-,34-,35+/m0/s1. The first kappa shape index (κ1) is 29.4. The summed E-state index contributed by atoms with van der Waals surface area (Å²) in [7, 11) is 0. The van der Waals surface area contributed by atoms with E-state index >= 15 is 4.79 Å². The number of phenols is 1. The van der Waals surface area contributed by atoms with Crippen LogP contribution in [0.2, 0.25) is 0 Å². The molecule has 242 valence electrons. The molecule has 0 radical (unpaired) electrons. The summed E-state index contributed by atoms with van der Waals surface area (Å²) >= 11 is 0. The van der Waals surface area contributed by atoms with Gasteiger partial charge in [-0.25, -0.2) is 9.59 Å².